The molecular weight excluding hydrogens is 434 g/mol. The van der Waals surface area contributed by atoms with Crippen molar-refractivity contribution in [3.8, 4) is 17.0 Å². The Morgan fingerprint density at radius 2 is 1.90 bits per heavy atom. The van der Waals surface area contributed by atoms with E-state index >= 15 is 0 Å². The zero-order chi connectivity index (χ0) is 22.3. The number of benzene rings is 1. The fraction of sp³-hybridized carbons (Fsp3) is 0.316. The molecule has 9 nitrogen and oxygen atoms in total. The Bertz CT molecular complexity index is 1270. The Balaban J connectivity index is 1.66. The van der Waals surface area contributed by atoms with E-state index in [4.69, 9.17) is 9.84 Å². The lowest BCUT2D eigenvalue weighted by molar-refractivity contribution is 0.0857. The van der Waals surface area contributed by atoms with E-state index in [1.165, 1.54) is 21.8 Å². The predicted octanol–water partition coefficient (Wildman–Crippen LogP) is 2.60. The van der Waals surface area contributed by atoms with Gasteiger partial charge in [0.05, 0.1) is 6.20 Å². The van der Waals surface area contributed by atoms with Crippen LogP contribution in [-0.2, 0) is 9.84 Å². The first-order valence-corrected chi connectivity index (χ1v) is 11.2. The Hall–Kier alpha value is -3.28. The van der Waals surface area contributed by atoms with Gasteiger partial charge in [0.25, 0.3) is 0 Å². The number of nitrogens with zero attached hydrogens (tertiary/aromatic N) is 4. The monoisotopic (exact) mass is 452 g/mol. The van der Waals surface area contributed by atoms with Crippen molar-refractivity contribution in [3.63, 3.8) is 0 Å². The summed E-state index contributed by atoms with van der Waals surface area (Å²) in [4.78, 5) is 15.8. The topological polar surface area (TPSA) is 114 Å². The van der Waals surface area contributed by atoms with E-state index < -0.39 is 32.5 Å². The molecule has 1 aliphatic heterocycles. The van der Waals surface area contributed by atoms with E-state index in [-0.39, 0.29) is 22.9 Å². The van der Waals surface area contributed by atoms with Crippen molar-refractivity contribution in [3.05, 3.63) is 42.2 Å². The number of aromatic nitrogens is 3. The van der Waals surface area contributed by atoms with Crippen LogP contribution in [0.15, 0.2) is 35.5 Å². The maximum absolute atomic E-state index is 14.6. The molecule has 4 rings (SSSR count). The molecule has 1 N–H and O–H groups in total. The van der Waals surface area contributed by atoms with E-state index in [9.17, 15) is 22.0 Å². The first-order chi connectivity index (χ1) is 14.6. The number of rotatable bonds is 4. The highest BCUT2D eigenvalue weighted by Crippen LogP contribution is 2.31. The number of likely N-dealkylation sites (tertiary alicyclic amines) is 1. The van der Waals surface area contributed by atoms with Crippen molar-refractivity contribution in [2.24, 2.45) is 0 Å². The molecule has 0 spiro atoms. The van der Waals surface area contributed by atoms with Gasteiger partial charge in [-0.3, -0.25) is 0 Å². The molecule has 2 aromatic heterocycles. The van der Waals surface area contributed by atoms with Crippen LogP contribution < -0.4 is 4.74 Å². The van der Waals surface area contributed by atoms with Crippen molar-refractivity contribution in [2.45, 2.75) is 23.8 Å². The number of piperidine rings is 1. The minimum Gasteiger partial charge on any atom is -0.474 e. The summed E-state index contributed by atoms with van der Waals surface area (Å²) in [7, 11) is -3.93. The maximum atomic E-state index is 14.6. The Labute approximate surface area is 175 Å². The van der Waals surface area contributed by atoms with Crippen molar-refractivity contribution in [2.75, 3.05) is 19.3 Å². The molecule has 0 atom stereocenters. The zero-order valence-electron chi connectivity index (χ0n) is 16.3. The van der Waals surface area contributed by atoms with Crippen molar-refractivity contribution in [1.82, 2.24) is 19.5 Å². The van der Waals surface area contributed by atoms with Gasteiger partial charge in [-0.25, -0.2) is 27.0 Å². The zero-order valence-corrected chi connectivity index (χ0v) is 17.1. The van der Waals surface area contributed by atoms with Gasteiger partial charge in [-0.15, -0.1) is 0 Å². The van der Waals surface area contributed by atoms with E-state index in [0.29, 0.717) is 37.9 Å². The SMILES string of the molecule is CS(=O)(=O)c1cc(F)c(-c2cnn3c(OC4CCN(C(=O)O)CC4)ccnc23)cc1F. The van der Waals surface area contributed by atoms with Crippen LogP contribution in [0.4, 0.5) is 13.6 Å². The minimum atomic E-state index is -3.93. The van der Waals surface area contributed by atoms with Crippen molar-refractivity contribution >= 4 is 21.6 Å². The third-order valence-corrected chi connectivity index (χ3v) is 6.19. The van der Waals surface area contributed by atoms with Crippen LogP contribution in [0.5, 0.6) is 5.88 Å². The molecule has 0 bridgehead atoms. The maximum Gasteiger partial charge on any atom is 0.407 e. The third-order valence-electron chi connectivity index (χ3n) is 5.08. The summed E-state index contributed by atoms with van der Waals surface area (Å²) >= 11 is 0. The van der Waals surface area contributed by atoms with Crippen LogP contribution in [-0.4, -0.2) is 64.6 Å². The molecule has 3 heterocycles. The molecule has 31 heavy (non-hydrogen) atoms. The van der Waals surface area contributed by atoms with Gasteiger partial charge in [0.1, 0.15) is 22.6 Å². The fourth-order valence-electron chi connectivity index (χ4n) is 3.50. The second-order valence-electron chi connectivity index (χ2n) is 7.20. The summed E-state index contributed by atoms with van der Waals surface area (Å²) in [6.07, 6.45) is 3.30. The van der Waals surface area contributed by atoms with Gasteiger partial charge in [-0.1, -0.05) is 0 Å². The number of carbonyl (C=O) groups is 1. The van der Waals surface area contributed by atoms with Crippen LogP contribution in [0.3, 0.4) is 0 Å². The number of fused-ring (bicyclic) bond motifs is 1. The highest BCUT2D eigenvalue weighted by molar-refractivity contribution is 7.90. The Morgan fingerprint density at radius 3 is 2.55 bits per heavy atom. The molecular formula is C19H18F2N4O5S. The van der Waals surface area contributed by atoms with Gasteiger partial charge >= 0.3 is 6.09 Å². The van der Waals surface area contributed by atoms with Crippen molar-refractivity contribution in [1.29, 1.82) is 0 Å². The quantitative estimate of drug-likeness (QED) is 0.647. The number of hydrogen-bond donors (Lipinski definition) is 1. The number of sulfone groups is 1. The predicted molar refractivity (Wildman–Crippen MR) is 105 cm³/mol. The normalized spacial score (nSPS) is 15.4. The van der Waals surface area contributed by atoms with Crippen LogP contribution in [0, 0.1) is 11.6 Å². The molecule has 0 aliphatic carbocycles. The molecule has 0 saturated carbocycles. The highest BCUT2D eigenvalue weighted by atomic mass is 32.2. The number of hydrogen-bond acceptors (Lipinski definition) is 6. The number of ether oxygens (including phenoxy) is 1. The molecule has 0 radical (unpaired) electrons. The standard InChI is InChI=1S/C19H18F2N4O5S/c1-31(28,29)16-9-14(20)12(8-15(16)21)13-10-23-25-17(2-5-22-18(13)25)30-11-3-6-24(7-4-11)19(26)27/h2,5,8-11H,3-4,6-7H2,1H3,(H,26,27). The molecule has 3 aromatic rings. The molecule has 1 amide bonds. The van der Waals surface area contributed by atoms with E-state index in [1.54, 1.807) is 6.07 Å². The lowest BCUT2D eigenvalue weighted by Crippen LogP contribution is -2.41. The number of amides is 1. The molecule has 1 aromatic carbocycles. The van der Waals surface area contributed by atoms with Gasteiger partial charge in [0, 0.05) is 55.6 Å². The summed E-state index contributed by atoms with van der Waals surface area (Å²) in [6, 6.07) is 3.01. The average Bonchev–Trinajstić information content (AvgIpc) is 3.14. The summed E-state index contributed by atoms with van der Waals surface area (Å²) in [5.41, 5.74) is 0.188. The smallest absolute Gasteiger partial charge is 0.407 e. The van der Waals surface area contributed by atoms with Gasteiger partial charge in [0.2, 0.25) is 5.88 Å². The molecule has 1 saturated heterocycles. The van der Waals surface area contributed by atoms with Gasteiger partial charge in [0.15, 0.2) is 15.5 Å². The minimum absolute atomic E-state index is 0.169. The summed E-state index contributed by atoms with van der Waals surface area (Å²) in [5, 5.41) is 13.2. The second-order valence-corrected chi connectivity index (χ2v) is 9.18. The number of halogens is 2. The molecule has 1 fully saturated rings. The van der Waals surface area contributed by atoms with Crippen molar-refractivity contribution < 1.29 is 31.8 Å². The third kappa shape index (κ3) is 4.02. The van der Waals surface area contributed by atoms with E-state index in [1.807, 2.05) is 0 Å². The molecule has 12 heteroatoms. The van der Waals surface area contributed by atoms with Gasteiger partial charge < -0.3 is 14.7 Å². The Kier molecular flexibility index (Phi) is 5.25. The second kappa shape index (κ2) is 7.76. The first kappa shape index (κ1) is 21.0. The van der Waals surface area contributed by atoms with E-state index in [2.05, 4.69) is 10.1 Å². The van der Waals surface area contributed by atoms with Crippen LogP contribution >= 0.6 is 0 Å². The van der Waals surface area contributed by atoms with E-state index in [0.717, 1.165) is 12.3 Å². The van der Waals surface area contributed by atoms with Crippen LogP contribution in [0.25, 0.3) is 16.8 Å². The summed E-state index contributed by atoms with van der Waals surface area (Å²) in [6.45, 7) is 0.686. The van der Waals surface area contributed by atoms with Crippen LogP contribution in [0.1, 0.15) is 12.8 Å². The number of carboxylic acid groups (broad SMARTS) is 1. The first-order valence-electron chi connectivity index (χ1n) is 9.32. The molecule has 0 unspecified atom stereocenters. The van der Waals surface area contributed by atoms with Gasteiger partial charge in [-0.05, 0) is 12.1 Å². The Morgan fingerprint density at radius 1 is 1.19 bits per heavy atom. The largest absolute Gasteiger partial charge is 0.474 e. The summed E-state index contributed by atoms with van der Waals surface area (Å²) in [5.74, 6) is -1.68. The highest BCUT2D eigenvalue weighted by Gasteiger charge is 2.25. The van der Waals surface area contributed by atoms with Gasteiger partial charge in [-0.2, -0.15) is 9.61 Å². The summed E-state index contributed by atoms with van der Waals surface area (Å²) < 4.78 is 59.5. The lowest BCUT2D eigenvalue weighted by Gasteiger charge is -2.30. The fourth-order valence-corrected chi connectivity index (χ4v) is 4.23. The van der Waals surface area contributed by atoms with Crippen LogP contribution in [0.2, 0.25) is 0 Å². The lowest BCUT2D eigenvalue weighted by atomic mass is 10.1. The average molecular weight is 452 g/mol. The molecule has 164 valence electrons. The molecule has 1 aliphatic rings.